The van der Waals surface area contributed by atoms with Gasteiger partial charge in [-0.05, 0) is 50.4 Å². The van der Waals surface area contributed by atoms with Crippen molar-refractivity contribution in [3.05, 3.63) is 42.4 Å². The molecule has 1 amide bonds. The third-order valence-electron chi connectivity index (χ3n) is 4.89. The highest BCUT2D eigenvalue weighted by Crippen LogP contribution is 2.36. The molecule has 3 heterocycles. The molecule has 6 heteroatoms. The van der Waals surface area contributed by atoms with E-state index in [1.54, 1.807) is 18.5 Å². The molecule has 2 aromatic rings. The summed E-state index contributed by atoms with van der Waals surface area (Å²) in [7, 11) is 0. The average molecular weight is 309 g/mol. The molecule has 23 heavy (non-hydrogen) atoms. The molecule has 2 fully saturated rings. The lowest BCUT2D eigenvalue weighted by Gasteiger charge is -2.30. The number of hydrogen-bond donors (Lipinski definition) is 2. The van der Waals surface area contributed by atoms with Crippen molar-refractivity contribution < 1.29 is 4.79 Å². The third kappa shape index (κ3) is 2.59. The summed E-state index contributed by atoms with van der Waals surface area (Å²) >= 11 is 0. The first-order valence-corrected chi connectivity index (χ1v) is 8.07. The second-order valence-corrected chi connectivity index (χ2v) is 6.24. The Morgan fingerprint density at radius 2 is 2.17 bits per heavy atom. The van der Waals surface area contributed by atoms with Gasteiger partial charge in [0.15, 0.2) is 5.82 Å². The number of hydrogen-bond acceptors (Lipinski definition) is 5. The highest BCUT2D eigenvalue weighted by atomic mass is 16.2. The molecule has 1 saturated carbocycles. The molecule has 2 unspecified atom stereocenters. The van der Waals surface area contributed by atoms with Gasteiger partial charge in [0.25, 0.3) is 5.91 Å². The molecule has 2 aliphatic rings. The average Bonchev–Trinajstić information content (AvgIpc) is 3.15. The third-order valence-corrected chi connectivity index (χ3v) is 4.89. The van der Waals surface area contributed by atoms with Gasteiger partial charge in [-0.25, -0.2) is 9.97 Å². The molecule has 2 atom stereocenters. The molecular weight excluding hydrogens is 290 g/mol. The van der Waals surface area contributed by atoms with Crippen molar-refractivity contribution in [2.75, 3.05) is 6.54 Å². The van der Waals surface area contributed by atoms with Crippen LogP contribution >= 0.6 is 0 Å². The molecule has 1 saturated heterocycles. The monoisotopic (exact) mass is 309 g/mol. The van der Waals surface area contributed by atoms with E-state index in [-0.39, 0.29) is 11.4 Å². The number of fused-ring (bicyclic) bond motifs is 1. The van der Waals surface area contributed by atoms with Gasteiger partial charge >= 0.3 is 0 Å². The maximum atomic E-state index is 12.7. The number of aromatic nitrogens is 3. The number of pyridine rings is 1. The van der Waals surface area contributed by atoms with Gasteiger partial charge in [-0.15, -0.1) is 0 Å². The minimum atomic E-state index is -0.125. The van der Waals surface area contributed by atoms with E-state index in [4.69, 9.17) is 0 Å². The van der Waals surface area contributed by atoms with Crippen molar-refractivity contribution in [2.45, 2.75) is 37.3 Å². The van der Waals surface area contributed by atoms with E-state index >= 15 is 0 Å². The zero-order valence-electron chi connectivity index (χ0n) is 12.8. The Bertz CT molecular complexity index is 708. The Kier molecular flexibility index (Phi) is 3.53. The van der Waals surface area contributed by atoms with Gasteiger partial charge in [0.05, 0.1) is 5.54 Å². The zero-order chi connectivity index (χ0) is 15.7. The Morgan fingerprint density at radius 3 is 3.04 bits per heavy atom. The molecule has 6 nitrogen and oxygen atoms in total. The Morgan fingerprint density at radius 1 is 1.22 bits per heavy atom. The molecule has 2 aromatic heterocycles. The largest absolute Gasteiger partial charge is 0.344 e. The number of amides is 1. The molecule has 0 radical (unpaired) electrons. The fourth-order valence-corrected chi connectivity index (χ4v) is 3.74. The van der Waals surface area contributed by atoms with Crippen LogP contribution in [0.1, 0.15) is 36.2 Å². The first-order chi connectivity index (χ1) is 11.3. The quantitative estimate of drug-likeness (QED) is 0.899. The van der Waals surface area contributed by atoms with Crippen LogP contribution in [0, 0.1) is 0 Å². The van der Waals surface area contributed by atoms with Gasteiger partial charge in [0.1, 0.15) is 11.4 Å². The molecule has 0 bridgehead atoms. The first kappa shape index (κ1) is 14.3. The summed E-state index contributed by atoms with van der Waals surface area (Å²) < 4.78 is 0. The lowest BCUT2D eigenvalue weighted by molar-refractivity contribution is 0.0892. The van der Waals surface area contributed by atoms with E-state index in [2.05, 4.69) is 25.6 Å². The lowest BCUT2D eigenvalue weighted by Crippen LogP contribution is -2.53. The van der Waals surface area contributed by atoms with Crippen LogP contribution in [0.4, 0.5) is 0 Å². The van der Waals surface area contributed by atoms with Gasteiger partial charge in [-0.2, -0.15) is 0 Å². The van der Waals surface area contributed by atoms with Crippen LogP contribution in [-0.2, 0) is 0 Å². The van der Waals surface area contributed by atoms with Crippen molar-refractivity contribution in [2.24, 2.45) is 0 Å². The van der Waals surface area contributed by atoms with Gasteiger partial charge in [-0.1, -0.05) is 6.07 Å². The smallest absolute Gasteiger partial charge is 0.270 e. The maximum absolute atomic E-state index is 12.7. The van der Waals surface area contributed by atoms with Crippen molar-refractivity contribution in [1.29, 1.82) is 0 Å². The standard InChI is InChI=1S/C17H19N5O/c23-16(22-17-7-3-5-14(17)19-11-8-17)13-6-10-20-15(21-13)12-4-1-2-9-18-12/h1-2,4,6,9-10,14,19H,3,5,7-8,11H2,(H,22,23). The molecule has 118 valence electrons. The second-order valence-electron chi connectivity index (χ2n) is 6.24. The Labute approximate surface area is 134 Å². The van der Waals surface area contributed by atoms with Crippen LogP contribution in [0.25, 0.3) is 11.5 Å². The molecule has 0 aromatic carbocycles. The maximum Gasteiger partial charge on any atom is 0.270 e. The molecule has 1 aliphatic carbocycles. The van der Waals surface area contributed by atoms with Crippen molar-refractivity contribution in [3.63, 3.8) is 0 Å². The predicted molar refractivity (Wildman–Crippen MR) is 85.7 cm³/mol. The van der Waals surface area contributed by atoms with E-state index < -0.39 is 0 Å². The van der Waals surface area contributed by atoms with Gasteiger partial charge in [0, 0.05) is 18.4 Å². The van der Waals surface area contributed by atoms with E-state index in [1.165, 1.54) is 0 Å². The van der Waals surface area contributed by atoms with Crippen molar-refractivity contribution in [3.8, 4) is 11.5 Å². The number of carbonyl (C=O) groups is 1. The number of rotatable bonds is 3. The lowest BCUT2D eigenvalue weighted by atomic mass is 9.93. The first-order valence-electron chi connectivity index (χ1n) is 8.07. The number of nitrogens with zero attached hydrogens (tertiary/aromatic N) is 3. The summed E-state index contributed by atoms with van der Waals surface area (Å²) in [5.41, 5.74) is 0.960. The molecule has 2 N–H and O–H groups in total. The van der Waals surface area contributed by atoms with Gasteiger partial charge < -0.3 is 10.6 Å². The zero-order valence-corrected chi connectivity index (χ0v) is 12.8. The molecule has 0 spiro atoms. The minimum absolute atomic E-state index is 0.104. The van der Waals surface area contributed by atoms with E-state index in [0.717, 1.165) is 32.2 Å². The highest BCUT2D eigenvalue weighted by molar-refractivity contribution is 5.93. The fraction of sp³-hybridized carbons (Fsp3) is 0.412. The summed E-state index contributed by atoms with van der Waals surface area (Å²) in [4.78, 5) is 25.5. The summed E-state index contributed by atoms with van der Waals surface area (Å²) in [6.07, 6.45) is 7.61. The number of nitrogens with one attached hydrogen (secondary N) is 2. The van der Waals surface area contributed by atoms with Gasteiger partial charge in [0.2, 0.25) is 0 Å². The predicted octanol–water partition coefficient (Wildman–Crippen LogP) is 1.55. The van der Waals surface area contributed by atoms with Crippen molar-refractivity contribution in [1.82, 2.24) is 25.6 Å². The topological polar surface area (TPSA) is 79.8 Å². The van der Waals surface area contributed by atoms with E-state index in [1.807, 2.05) is 18.2 Å². The Balaban J connectivity index is 1.57. The van der Waals surface area contributed by atoms with Crippen LogP contribution in [0.5, 0.6) is 0 Å². The fourth-order valence-electron chi connectivity index (χ4n) is 3.74. The SMILES string of the molecule is O=C(NC12CCCC1NCC2)c1ccnc(-c2ccccn2)n1. The van der Waals surface area contributed by atoms with E-state index in [0.29, 0.717) is 23.3 Å². The summed E-state index contributed by atoms with van der Waals surface area (Å²) in [5.74, 6) is 0.350. The van der Waals surface area contributed by atoms with Crippen LogP contribution in [0.3, 0.4) is 0 Å². The van der Waals surface area contributed by atoms with Crippen LogP contribution in [-0.4, -0.2) is 39.0 Å². The highest BCUT2D eigenvalue weighted by Gasteiger charge is 2.47. The molecular formula is C17H19N5O. The van der Waals surface area contributed by atoms with Crippen molar-refractivity contribution >= 4 is 5.91 Å². The van der Waals surface area contributed by atoms with Gasteiger partial charge in [-0.3, -0.25) is 9.78 Å². The summed E-state index contributed by atoms with van der Waals surface area (Å²) in [5, 5.41) is 6.73. The normalized spacial score (nSPS) is 26.0. The van der Waals surface area contributed by atoms with Crippen LogP contribution < -0.4 is 10.6 Å². The van der Waals surface area contributed by atoms with E-state index in [9.17, 15) is 4.79 Å². The number of carbonyl (C=O) groups excluding carboxylic acids is 1. The molecule has 1 aliphatic heterocycles. The second kappa shape index (κ2) is 5.70. The molecule has 4 rings (SSSR count). The van der Waals surface area contributed by atoms with Crippen LogP contribution in [0.2, 0.25) is 0 Å². The summed E-state index contributed by atoms with van der Waals surface area (Å²) in [6.45, 7) is 0.966. The summed E-state index contributed by atoms with van der Waals surface area (Å²) in [6, 6.07) is 7.61. The minimum Gasteiger partial charge on any atom is -0.344 e. The Hall–Kier alpha value is -2.34. The van der Waals surface area contributed by atoms with Crippen LogP contribution in [0.15, 0.2) is 36.7 Å².